The molecule has 6 heteroatoms. The average Bonchev–Trinajstić information content (AvgIpc) is 2.46. The maximum Gasteiger partial charge on any atom is 0.309 e. The Bertz CT molecular complexity index is 618. The Morgan fingerprint density at radius 3 is 2.90 bits per heavy atom. The summed E-state index contributed by atoms with van der Waals surface area (Å²) in [5, 5.41) is 0.865. The van der Waals surface area contributed by atoms with Crippen molar-refractivity contribution in [3.63, 3.8) is 0 Å². The molecule has 0 spiro atoms. The minimum atomic E-state index is -0.198. The van der Waals surface area contributed by atoms with E-state index in [9.17, 15) is 4.79 Å². The fraction of sp³-hybridized carbons (Fsp3) is 0.357. The van der Waals surface area contributed by atoms with Gasteiger partial charge < -0.3 is 10.5 Å². The summed E-state index contributed by atoms with van der Waals surface area (Å²) in [4.78, 5) is 20.1. The summed E-state index contributed by atoms with van der Waals surface area (Å²) in [5.41, 5.74) is 6.77. The van der Waals surface area contributed by atoms with E-state index >= 15 is 0 Å². The largest absolute Gasteiger partial charge is 0.469 e. The average molecular weight is 291 g/mol. The van der Waals surface area contributed by atoms with E-state index in [1.165, 1.54) is 7.11 Å². The second-order valence-electron chi connectivity index (χ2n) is 4.48. The number of carbonyl (C=O) groups is 1. The van der Waals surface area contributed by atoms with E-state index in [1.807, 2.05) is 31.2 Å². The molecule has 1 heterocycles. The van der Waals surface area contributed by atoms with E-state index in [4.69, 9.17) is 5.73 Å². The number of methoxy groups -OCH3 is 1. The van der Waals surface area contributed by atoms with Crippen LogP contribution in [0.3, 0.4) is 0 Å². The first kappa shape index (κ1) is 14.6. The van der Waals surface area contributed by atoms with Gasteiger partial charge in [-0.1, -0.05) is 19.1 Å². The van der Waals surface area contributed by atoms with Gasteiger partial charge in [0.1, 0.15) is 11.6 Å². The number of carbonyl (C=O) groups excluding carboxylic acids is 1. The molecule has 1 aromatic heterocycles. The number of aromatic nitrogens is 2. The van der Waals surface area contributed by atoms with Gasteiger partial charge >= 0.3 is 5.97 Å². The Kier molecular flexibility index (Phi) is 4.79. The summed E-state index contributed by atoms with van der Waals surface area (Å²) < 4.78 is 4.69. The minimum absolute atomic E-state index is 0.136. The summed E-state index contributed by atoms with van der Waals surface area (Å²) in [7, 11) is 1.40. The fourth-order valence-electron chi connectivity index (χ4n) is 1.81. The quantitative estimate of drug-likeness (QED) is 0.851. The highest BCUT2D eigenvalue weighted by Crippen LogP contribution is 2.20. The Morgan fingerprint density at radius 2 is 2.15 bits per heavy atom. The van der Waals surface area contributed by atoms with Crippen molar-refractivity contribution in [2.24, 2.45) is 5.92 Å². The highest BCUT2D eigenvalue weighted by atomic mass is 32.2. The van der Waals surface area contributed by atoms with Crippen LogP contribution in [0.15, 0.2) is 24.3 Å². The lowest BCUT2D eigenvalue weighted by Gasteiger charge is -2.08. The van der Waals surface area contributed by atoms with Crippen LogP contribution in [-0.4, -0.2) is 28.8 Å². The molecule has 0 aliphatic heterocycles. The van der Waals surface area contributed by atoms with Gasteiger partial charge in [-0.25, -0.2) is 9.97 Å². The Balaban J connectivity index is 2.02. The van der Waals surface area contributed by atoms with E-state index < -0.39 is 0 Å². The minimum Gasteiger partial charge on any atom is -0.469 e. The van der Waals surface area contributed by atoms with Crippen LogP contribution in [0, 0.1) is 5.92 Å². The van der Waals surface area contributed by atoms with Crippen molar-refractivity contribution >= 4 is 34.5 Å². The first-order valence-corrected chi connectivity index (χ1v) is 7.44. The molecule has 0 fully saturated rings. The molecule has 0 radical (unpaired) electrons. The third kappa shape index (κ3) is 3.39. The van der Waals surface area contributed by atoms with Gasteiger partial charge in [0.25, 0.3) is 0 Å². The number of hydrogen-bond acceptors (Lipinski definition) is 6. The number of nitrogens with two attached hydrogens (primary N) is 1. The monoisotopic (exact) mass is 291 g/mol. The third-order valence-corrected chi connectivity index (χ3v) is 4.08. The number of nitrogens with zero attached hydrogens (tertiary/aromatic N) is 2. The van der Waals surface area contributed by atoms with E-state index in [2.05, 4.69) is 14.7 Å². The summed E-state index contributed by atoms with van der Waals surface area (Å²) in [5.74, 6) is 2.13. The van der Waals surface area contributed by atoms with Gasteiger partial charge in [0.05, 0.1) is 24.3 Å². The van der Waals surface area contributed by atoms with Crippen molar-refractivity contribution in [2.45, 2.75) is 12.7 Å². The highest BCUT2D eigenvalue weighted by Gasteiger charge is 2.13. The molecule has 1 aromatic carbocycles. The second kappa shape index (κ2) is 6.56. The zero-order valence-electron chi connectivity index (χ0n) is 11.5. The van der Waals surface area contributed by atoms with Gasteiger partial charge in [-0.05, 0) is 12.1 Å². The molecule has 2 aromatic rings. The first-order valence-electron chi connectivity index (χ1n) is 6.28. The van der Waals surface area contributed by atoms with Gasteiger partial charge in [0.15, 0.2) is 0 Å². The van der Waals surface area contributed by atoms with Gasteiger partial charge in [0.2, 0.25) is 0 Å². The summed E-state index contributed by atoms with van der Waals surface area (Å²) >= 11 is 1.59. The molecular formula is C14H17N3O2S. The molecule has 1 unspecified atom stereocenters. The molecule has 2 rings (SSSR count). The SMILES string of the molecule is COC(=O)C(C)CSCc1nc(N)c2ccccc2n1. The zero-order valence-corrected chi connectivity index (χ0v) is 12.3. The number of anilines is 1. The second-order valence-corrected chi connectivity index (χ2v) is 5.51. The molecule has 0 saturated heterocycles. The number of para-hydroxylation sites is 1. The van der Waals surface area contributed by atoms with Crippen LogP contribution in [0.4, 0.5) is 5.82 Å². The van der Waals surface area contributed by atoms with Crippen LogP contribution in [0.5, 0.6) is 0 Å². The van der Waals surface area contributed by atoms with Crippen molar-refractivity contribution in [3.05, 3.63) is 30.1 Å². The maximum absolute atomic E-state index is 11.3. The molecule has 0 saturated carbocycles. The lowest BCUT2D eigenvalue weighted by molar-refractivity contribution is -0.143. The zero-order chi connectivity index (χ0) is 14.5. The van der Waals surface area contributed by atoms with Crippen LogP contribution in [0.2, 0.25) is 0 Å². The van der Waals surface area contributed by atoms with Crippen molar-refractivity contribution in [1.29, 1.82) is 0 Å². The topological polar surface area (TPSA) is 78.1 Å². The van der Waals surface area contributed by atoms with Crippen LogP contribution in [0.25, 0.3) is 10.9 Å². The first-order chi connectivity index (χ1) is 9.61. The maximum atomic E-state index is 11.3. The number of thioether (sulfide) groups is 1. The van der Waals surface area contributed by atoms with Crippen LogP contribution < -0.4 is 5.73 Å². The number of ether oxygens (including phenoxy) is 1. The molecule has 0 amide bonds. The van der Waals surface area contributed by atoms with E-state index in [1.54, 1.807) is 11.8 Å². The predicted octanol–water partition coefficient (Wildman–Crippen LogP) is 2.25. The van der Waals surface area contributed by atoms with Crippen LogP contribution in [-0.2, 0) is 15.3 Å². The smallest absolute Gasteiger partial charge is 0.309 e. The summed E-state index contributed by atoms with van der Waals surface area (Å²) in [6.45, 7) is 1.84. The van der Waals surface area contributed by atoms with Crippen molar-refractivity contribution in [1.82, 2.24) is 9.97 Å². The lowest BCUT2D eigenvalue weighted by Crippen LogP contribution is -2.15. The number of fused-ring (bicyclic) bond motifs is 1. The third-order valence-electron chi connectivity index (χ3n) is 2.88. The fourth-order valence-corrected chi connectivity index (χ4v) is 2.73. The normalized spacial score (nSPS) is 12.3. The molecule has 2 N–H and O–H groups in total. The van der Waals surface area contributed by atoms with Gasteiger partial charge in [0, 0.05) is 11.1 Å². The molecule has 5 nitrogen and oxygen atoms in total. The molecule has 0 bridgehead atoms. The van der Waals surface area contributed by atoms with E-state index in [0.29, 0.717) is 23.1 Å². The van der Waals surface area contributed by atoms with E-state index in [-0.39, 0.29) is 11.9 Å². The number of rotatable bonds is 5. The van der Waals surface area contributed by atoms with Crippen LogP contribution >= 0.6 is 11.8 Å². The van der Waals surface area contributed by atoms with Gasteiger partial charge in [-0.2, -0.15) is 11.8 Å². The van der Waals surface area contributed by atoms with Crippen LogP contribution in [0.1, 0.15) is 12.7 Å². The molecule has 106 valence electrons. The molecular weight excluding hydrogens is 274 g/mol. The van der Waals surface area contributed by atoms with Crippen molar-refractivity contribution in [2.75, 3.05) is 18.6 Å². The van der Waals surface area contributed by atoms with E-state index in [0.717, 1.165) is 10.9 Å². The standard InChI is InChI=1S/C14H17N3O2S/c1-9(14(18)19-2)7-20-8-12-16-11-6-4-3-5-10(11)13(15)17-12/h3-6,9H,7-8H2,1-2H3,(H2,15,16,17). The van der Waals surface area contributed by atoms with Crippen molar-refractivity contribution in [3.8, 4) is 0 Å². The van der Waals surface area contributed by atoms with Gasteiger partial charge in [-0.3, -0.25) is 4.79 Å². The Labute approximate surface area is 121 Å². The van der Waals surface area contributed by atoms with Crippen molar-refractivity contribution < 1.29 is 9.53 Å². The summed E-state index contributed by atoms with van der Waals surface area (Å²) in [6, 6.07) is 7.65. The van der Waals surface area contributed by atoms with Gasteiger partial charge in [-0.15, -0.1) is 0 Å². The predicted molar refractivity (Wildman–Crippen MR) is 81.3 cm³/mol. The molecule has 20 heavy (non-hydrogen) atoms. The number of benzene rings is 1. The number of hydrogen-bond donors (Lipinski definition) is 1. The number of nitrogen functional groups attached to an aromatic ring is 1. The lowest BCUT2D eigenvalue weighted by atomic mass is 10.2. The number of esters is 1. The molecule has 0 aliphatic carbocycles. The highest BCUT2D eigenvalue weighted by molar-refractivity contribution is 7.98. The Morgan fingerprint density at radius 1 is 1.40 bits per heavy atom. The molecule has 1 atom stereocenters. The molecule has 0 aliphatic rings. The Hall–Kier alpha value is -1.82. The summed E-state index contributed by atoms with van der Waals surface area (Å²) in [6.07, 6.45) is 0.